The normalized spacial score (nSPS) is 11.1. The van der Waals surface area contributed by atoms with Gasteiger partial charge in [0, 0.05) is 17.9 Å². The van der Waals surface area contributed by atoms with Gasteiger partial charge in [-0.05, 0) is 56.5 Å². The molecule has 3 aromatic heterocycles. The van der Waals surface area contributed by atoms with E-state index in [-0.39, 0.29) is 5.69 Å². The van der Waals surface area contributed by atoms with E-state index in [1.807, 2.05) is 57.2 Å². The van der Waals surface area contributed by atoms with Crippen molar-refractivity contribution in [3.63, 3.8) is 0 Å². The second-order valence-electron chi connectivity index (χ2n) is 7.40. The van der Waals surface area contributed by atoms with Crippen LogP contribution in [0.5, 0.6) is 0 Å². The monoisotopic (exact) mass is 385 g/mol. The van der Waals surface area contributed by atoms with Gasteiger partial charge in [0.15, 0.2) is 5.65 Å². The molecule has 146 valence electrons. The van der Waals surface area contributed by atoms with Crippen LogP contribution in [0.3, 0.4) is 0 Å². The lowest BCUT2D eigenvalue weighted by atomic mass is 10.1. The largest absolute Gasteiger partial charge is 0.344 e. The smallest absolute Gasteiger partial charge is 0.327 e. The number of rotatable bonds is 4. The molecule has 6 heteroatoms. The molecule has 1 N–H and O–H groups in total. The van der Waals surface area contributed by atoms with Crippen LogP contribution < -0.4 is 5.69 Å². The summed E-state index contributed by atoms with van der Waals surface area (Å²) >= 11 is 0. The Morgan fingerprint density at radius 3 is 2.48 bits per heavy atom. The van der Waals surface area contributed by atoms with Gasteiger partial charge in [0.2, 0.25) is 0 Å². The third kappa shape index (κ3) is 3.15. The van der Waals surface area contributed by atoms with Crippen LogP contribution in [0.25, 0.3) is 22.4 Å². The van der Waals surface area contributed by atoms with E-state index in [2.05, 4.69) is 27.5 Å². The summed E-state index contributed by atoms with van der Waals surface area (Å²) < 4.78 is 3.82. The van der Waals surface area contributed by atoms with E-state index in [0.29, 0.717) is 17.8 Å². The number of aromatic amines is 1. The van der Waals surface area contributed by atoms with Crippen molar-refractivity contribution in [3.05, 3.63) is 75.0 Å². The number of nitrogens with one attached hydrogen (secondary N) is 1. The zero-order valence-corrected chi connectivity index (χ0v) is 17.1. The van der Waals surface area contributed by atoms with Crippen molar-refractivity contribution in [3.8, 4) is 17.3 Å². The van der Waals surface area contributed by atoms with Crippen LogP contribution in [0, 0.1) is 32.1 Å². The molecular weight excluding hydrogens is 362 g/mol. The van der Waals surface area contributed by atoms with Crippen molar-refractivity contribution >= 4 is 11.2 Å². The van der Waals surface area contributed by atoms with Gasteiger partial charge in [-0.25, -0.2) is 9.78 Å². The van der Waals surface area contributed by atoms with Gasteiger partial charge in [0.1, 0.15) is 6.07 Å². The molecule has 0 unspecified atom stereocenters. The third-order valence-electron chi connectivity index (χ3n) is 5.37. The van der Waals surface area contributed by atoms with E-state index in [1.54, 1.807) is 4.57 Å². The quantitative estimate of drug-likeness (QED) is 0.575. The first-order valence-corrected chi connectivity index (χ1v) is 9.69. The van der Waals surface area contributed by atoms with Gasteiger partial charge in [-0.15, -0.1) is 0 Å². The molecule has 0 atom stereocenters. The van der Waals surface area contributed by atoms with Gasteiger partial charge in [-0.1, -0.05) is 24.3 Å². The highest BCUT2D eigenvalue weighted by Crippen LogP contribution is 2.27. The zero-order valence-electron chi connectivity index (χ0n) is 17.1. The van der Waals surface area contributed by atoms with Gasteiger partial charge in [-0.2, -0.15) is 5.26 Å². The highest BCUT2D eigenvalue weighted by atomic mass is 16.1. The lowest BCUT2D eigenvalue weighted by Crippen LogP contribution is -2.17. The number of fused-ring (bicyclic) bond motifs is 1. The van der Waals surface area contributed by atoms with E-state index in [4.69, 9.17) is 0 Å². The number of hydrogen-bond acceptors (Lipinski definition) is 3. The second kappa shape index (κ2) is 7.10. The third-order valence-corrected chi connectivity index (χ3v) is 5.37. The fraction of sp³-hybridized carbons (Fsp3) is 0.261. The molecule has 0 radical (unpaired) electrons. The summed E-state index contributed by atoms with van der Waals surface area (Å²) in [6.45, 7) is 9.24. The maximum atomic E-state index is 12.5. The van der Waals surface area contributed by atoms with Crippen LogP contribution in [0.15, 0.2) is 41.2 Å². The van der Waals surface area contributed by atoms with Crippen LogP contribution in [0.2, 0.25) is 0 Å². The van der Waals surface area contributed by atoms with E-state index < -0.39 is 0 Å². The molecule has 6 nitrogen and oxygen atoms in total. The van der Waals surface area contributed by atoms with Crippen LogP contribution in [-0.4, -0.2) is 19.1 Å². The summed E-state index contributed by atoms with van der Waals surface area (Å²) in [6, 6.07) is 14.2. The molecule has 29 heavy (non-hydrogen) atoms. The molecule has 4 rings (SSSR count). The van der Waals surface area contributed by atoms with E-state index in [0.717, 1.165) is 45.8 Å². The standard InChI is InChI=1S/C23H23N5O/c1-5-27-16(4)11-19(12-24)21(27)18-8-6-17(7-9-18)13-28-22-20(26-23(28)29)14(2)10-15(3)25-22/h6-11H,5,13H2,1-4H3,(H,26,29). The number of imidazole rings is 1. The Balaban J connectivity index is 1.73. The molecule has 0 bridgehead atoms. The Labute approximate surface area is 169 Å². The average Bonchev–Trinajstić information content (AvgIpc) is 3.19. The van der Waals surface area contributed by atoms with Crippen LogP contribution in [0.4, 0.5) is 0 Å². The summed E-state index contributed by atoms with van der Waals surface area (Å²) in [5, 5.41) is 9.50. The topological polar surface area (TPSA) is 79.4 Å². The molecule has 0 saturated carbocycles. The number of H-pyrrole nitrogens is 1. The number of nitriles is 1. The predicted octanol–water partition coefficient (Wildman–Crippen LogP) is 4.06. The van der Waals surface area contributed by atoms with E-state index >= 15 is 0 Å². The van der Waals surface area contributed by atoms with Crippen LogP contribution in [0.1, 0.15) is 35.0 Å². The summed E-state index contributed by atoms with van der Waals surface area (Å²) in [7, 11) is 0. The fourth-order valence-corrected chi connectivity index (χ4v) is 4.02. The Morgan fingerprint density at radius 2 is 1.83 bits per heavy atom. The van der Waals surface area contributed by atoms with Crippen molar-refractivity contribution in [1.29, 1.82) is 5.26 Å². The summed E-state index contributed by atoms with van der Waals surface area (Å²) in [4.78, 5) is 20.0. The number of aromatic nitrogens is 4. The lowest BCUT2D eigenvalue weighted by molar-refractivity contribution is 0.750. The fourth-order valence-electron chi connectivity index (χ4n) is 4.02. The molecule has 0 saturated heterocycles. The van der Waals surface area contributed by atoms with Crippen molar-refractivity contribution in [2.45, 2.75) is 40.8 Å². The Morgan fingerprint density at radius 1 is 1.10 bits per heavy atom. The first-order chi connectivity index (χ1) is 13.9. The number of benzene rings is 1. The highest BCUT2D eigenvalue weighted by Gasteiger charge is 2.15. The molecule has 0 spiro atoms. The minimum Gasteiger partial charge on any atom is -0.344 e. The molecule has 3 heterocycles. The maximum absolute atomic E-state index is 12.5. The van der Waals surface area contributed by atoms with E-state index in [9.17, 15) is 10.1 Å². The summed E-state index contributed by atoms with van der Waals surface area (Å²) in [6.07, 6.45) is 0. The first kappa shape index (κ1) is 18.8. The van der Waals surface area contributed by atoms with Gasteiger partial charge in [-0.3, -0.25) is 4.57 Å². The van der Waals surface area contributed by atoms with Crippen molar-refractivity contribution in [1.82, 2.24) is 19.1 Å². The van der Waals surface area contributed by atoms with Gasteiger partial charge in [0.05, 0.1) is 23.3 Å². The molecule has 0 aliphatic carbocycles. The number of aryl methyl sites for hydroxylation is 3. The predicted molar refractivity (Wildman–Crippen MR) is 114 cm³/mol. The maximum Gasteiger partial charge on any atom is 0.327 e. The molecule has 0 amide bonds. The minimum atomic E-state index is -0.160. The van der Waals surface area contributed by atoms with Crippen molar-refractivity contribution < 1.29 is 0 Å². The van der Waals surface area contributed by atoms with Crippen molar-refractivity contribution in [2.24, 2.45) is 0 Å². The van der Waals surface area contributed by atoms with Crippen LogP contribution in [-0.2, 0) is 13.1 Å². The van der Waals surface area contributed by atoms with Crippen molar-refractivity contribution in [2.75, 3.05) is 0 Å². The van der Waals surface area contributed by atoms with Gasteiger partial charge in [0.25, 0.3) is 0 Å². The Kier molecular flexibility index (Phi) is 4.59. The second-order valence-corrected chi connectivity index (χ2v) is 7.40. The SMILES string of the molecule is CCn1c(C)cc(C#N)c1-c1ccc(Cn2c(=O)[nH]c3c(C)cc(C)nc32)cc1. The number of hydrogen-bond donors (Lipinski definition) is 1. The average molecular weight is 385 g/mol. The lowest BCUT2D eigenvalue weighted by Gasteiger charge is -2.11. The highest BCUT2D eigenvalue weighted by molar-refractivity contribution is 5.75. The van der Waals surface area contributed by atoms with Crippen LogP contribution >= 0.6 is 0 Å². The van der Waals surface area contributed by atoms with Gasteiger partial charge >= 0.3 is 5.69 Å². The molecule has 0 aliphatic rings. The minimum absolute atomic E-state index is 0.160. The molecular formula is C23H23N5O. The molecule has 4 aromatic rings. The molecule has 0 fully saturated rings. The molecule has 0 aliphatic heterocycles. The number of pyridine rings is 1. The number of nitrogens with zero attached hydrogens (tertiary/aromatic N) is 4. The Hall–Kier alpha value is -3.59. The summed E-state index contributed by atoms with van der Waals surface area (Å²) in [5.41, 5.74) is 7.90. The van der Waals surface area contributed by atoms with Gasteiger partial charge < -0.3 is 9.55 Å². The summed E-state index contributed by atoms with van der Waals surface area (Å²) in [5.74, 6) is 0. The molecule has 1 aromatic carbocycles. The zero-order chi connectivity index (χ0) is 20.7. The Bertz CT molecular complexity index is 1310. The first-order valence-electron chi connectivity index (χ1n) is 9.69. The van der Waals surface area contributed by atoms with E-state index in [1.165, 1.54) is 0 Å².